The van der Waals surface area contributed by atoms with Crippen molar-refractivity contribution in [1.82, 2.24) is 9.38 Å². The van der Waals surface area contributed by atoms with Crippen molar-refractivity contribution >= 4 is 50.9 Å². The van der Waals surface area contributed by atoms with E-state index in [1.807, 2.05) is 24.3 Å². The molecule has 0 amide bonds. The molecule has 0 atom stereocenters. The molecule has 4 rings (SSSR count). The van der Waals surface area contributed by atoms with Gasteiger partial charge in [0.25, 0.3) is 11.2 Å². The van der Waals surface area contributed by atoms with E-state index in [4.69, 9.17) is 5.11 Å². The SMILES string of the molecule is O=c1/c(=C/c2ccc(SCCO)c([N+](=O)[O-])c2)sc2nc3ccccc3n12. The maximum atomic E-state index is 12.8. The van der Waals surface area contributed by atoms with E-state index in [9.17, 15) is 14.9 Å². The molecule has 136 valence electrons. The van der Waals surface area contributed by atoms with Gasteiger partial charge in [-0.15, -0.1) is 11.8 Å². The molecule has 9 heteroatoms. The second-order valence-corrected chi connectivity index (χ2v) is 7.84. The summed E-state index contributed by atoms with van der Waals surface area (Å²) in [6, 6.07) is 12.2. The van der Waals surface area contributed by atoms with Crippen LogP contribution in [0.2, 0.25) is 0 Å². The molecule has 2 aromatic heterocycles. The number of aliphatic hydroxyl groups is 1. The van der Waals surface area contributed by atoms with Crippen LogP contribution in [0, 0.1) is 10.1 Å². The highest BCUT2D eigenvalue weighted by Gasteiger charge is 2.15. The largest absolute Gasteiger partial charge is 0.396 e. The van der Waals surface area contributed by atoms with E-state index in [0.717, 1.165) is 11.0 Å². The van der Waals surface area contributed by atoms with E-state index < -0.39 is 4.92 Å². The van der Waals surface area contributed by atoms with Gasteiger partial charge in [0, 0.05) is 11.8 Å². The highest BCUT2D eigenvalue weighted by Crippen LogP contribution is 2.30. The Morgan fingerprint density at radius 1 is 1.30 bits per heavy atom. The standard InChI is InChI=1S/C18H13N3O4S2/c22-7-8-26-15-6-5-11(9-14(15)21(24)25)10-16-17(23)20-13-4-2-1-3-12(13)19-18(20)27-16/h1-6,9-10,22H,7-8H2/b16-10-. The van der Waals surface area contributed by atoms with Crippen molar-refractivity contribution in [2.45, 2.75) is 4.90 Å². The number of benzene rings is 2. The Kier molecular flexibility index (Phi) is 4.65. The zero-order chi connectivity index (χ0) is 19.0. The lowest BCUT2D eigenvalue weighted by atomic mass is 10.2. The summed E-state index contributed by atoms with van der Waals surface area (Å²) in [7, 11) is 0. The molecule has 0 saturated carbocycles. The zero-order valence-corrected chi connectivity index (χ0v) is 15.5. The first-order valence-electron chi connectivity index (χ1n) is 8.02. The third-order valence-electron chi connectivity index (χ3n) is 3.97. The van der Waals surface area contributed by atoms with Crippen molar-refractivity contribution < 1.29 is 10.0 Å². The minimum atomic E-state index is -0.454. The highest BCUT2D eigenvalue weighted by molar-refractivity contribution is 7.99. The number of rotatable bonds is 5. The maximum absolute atomic E-state index is 12.8. The number of hydrogen-bond donors (Lipinski definition) is 1. The first-order chi connectivity index (χ1) is 13.1. The Morgan fingerprint density at radius 3 is 2.89 bits per heavy atom. The van der Waals surface area contributed by atoms with Crippen LogP contribution in [0.1, 0.15) is 5.56 Å². The Hall–Kier alpha value is -2.75. The minimum absolute atomic E-state index is 0.0403. The van der Waals surface area contributed by atoms with Gasteiger partial charge in [-0.1, -0.05) is 29.5 Å². The summed E-state index contributed by atoms with van der Waals surface area (Å²) in [6.45, 7) is -0.0574. The van der Waals surface area contributed by atoms with Crippen LogP contribution in [0.25, 0.3) is 22.1 Å². The predicted molar refractivity (Wildman–Crippen MR) is 107 cm³/mol. The average Bonchev–Trinajstić information content (AvgIpc) is 3.17. The number of aromatic nitrogens is 2. The number of nitro groups is 1. The van der Waals surface area contributed by atoms with E-state index in [1.54, 1.807) is 22.6 Å². The normalized spacial score (nSPS) is 12.3. The fourth-order valence-electron chi connectivity index (χ4n) is 2.81. The van der Waals surface area contributed by atoms with Crippen LogP contribution in [0.5, 0.6) is 0 Å². The number of fused-ring (bicyclic) bond motifs is 3. The van der Waals surface area contributed by atoms with Crippen molar-refractivity contribution in [3.05, 3.63) is 73.0 Å². The molecular formula is C18H13N3O4S2. The number of aliphatic hydroxyl groups excluding tert-OH is 1. The van der Waals surface area contributed by atoms with Gasteiger partial charge in [0.1, 0.15) is 0 Å². The molecule has 0 radical (unpaired) electrons. The number of thioether (sulfide) groups is 1. The molecule has 27 heavy (non-hydrogen) atoms. The Labute approximate surface area is 160 Å². The summed E-state index contributed by atoms with van der Waals surface area (Å²) in [5.41, 5.74) is 1.84. The number of thiazole rings is 1. The van der Waals surface area contributed by atoms with Gasteiger partial charge in [-0.3, -0.25) is 14.9 Å². The second-order valence-electron chi connectivity index (χ2n) is 5.69. The van der Waals surface area contributed by atoms with Crippen LogP contribution in [0.4, 0.5) is 5.69 Å². The van der Waals surface area contributed by atoms with Crippen molar-refractivity contribution in [3.63, 3.8) is 0 Å². The van der Waals surface area contributed by atoms with Crippen LogP contribution >= 0.6 is 23.1 Å². The molecule has 0 spiro atoms. The van der Waals surface area contributed by atoms with Crippen LogP contribution in [0.15, 0.2) is 52.2 Å². The van der Waals surface area contributed by atoms with Crippen molar-refractivity contribution in [2.24, 2.45) is 0 Å². The van der Waals surface area contributed by atoms with Gasteiger partial charge in [0.05, 0.1) is 32.0 Å². The van der Waals surface area contributed by atoms with Crippen molar-refractivity contribution in [2.75, 3.05) is 12.4 Å². The van der Waals surface area contributed by atoms with Crippen molar-refractivity contribution in [1.29, 1.82) is 0 Å². The van der Waals surface area contributed by atoms with Gasteiger partial charge in [-0.25, -0.2) is 9.38 Å². The van der Waals surface area contributed by atoms with E-state index in [2.05, 4.69) is 4.98 Å². The van der Waals surface area contributed by atoms with Gasteiger partial charge >= 0.3 is 0 Å². The van der Waals surface area contributed by atoms with Gasteiger partial charge in [0.2, 0.25) is 0 Å². The summed E-state index contributed by atoms with van der Waals surface area (Å²) in [6.07, 6.45) is 1.64. The smallest absolute Gasteiger partial charge is 0.283 e. The molecule has 0 aliphatic rings. The lowest BCUT2D eigenvalue weighted by Gasteiger charge is -2.02. The second kappa shape index (κ2) is 7.10. The summed E-state index contributed by atoms with van der Waals surface area (Å²) >= 11 is 2.47. The van der Waals surface area contributed by atoms with E-state index in [-0.39, 0.29) is 17.9 Å². The highest BCUT2D eigenvalue weighted by atomic mass is 32.2. The monoisotopic (exact) mass is 399 g/mol. The Balaban J connectivity index is 1.84. The fraction of sp³-hybridized carbons (Fsp3) is 0.111. The first-order valence-corrected chi connectivity index (χ1v) is 9.82. The Morgan fingerprint density at radius 2 is 2.11 bits per heavy atom. The number of imidazole rings is 1. The number of para-hydroxylation sites is 2. The predicted octanol–water partition coefficient (Wildman–Crippen LogP) is 2.45. The molecule has 0 saturated heterocycles. The fourth-order valence-corrected chi connectivity index (χ4v) is 4.55. The van der Waals surface area contributed by atoms with Gasteiger partial charge < -0.3 is 5.11 Å². The van der Waals surface area contributed by atoms with E-state index in [0.29, 0.717) is 25.7 Å². The molecular weight excluding hydrogens is 386 g/mol. The molecule has 1 N–H and O–H groups in total. The molecule has 0 bridgehead atoms. The van der Waals surface area contributed by atoms with Gasteiger partial charge in [-0.05, 0) is 29.8 Å². The lowest BCUT2D eigenvalue weighted by molar-refractivity contribution is -0.387. The molecule has 2 heterocycles. The molecule has 7 nitrogen and oxygen atoms in total. The number of hydrogen-bond acceptors (Lipinski definition) is 7. The van der Waals surface area contributed by atoms with E-state index in [1.165, 1.54) is 29.2 Å². The topological polar surface area (TPSA) is 97.7 Å². The Bertz CT molecular complexity index is 1280. The minimum Gasteiger partial charge on any atom is -0.396 e. The molecule has 2 aromatic carbocycles. The van der Waals surface area contributed by atoms with E-state index >= 15 is 0 Å². The zero-order valence-electron chi connectivity index (χ0n) is 13.9. The quantitative estimate of drug-likeness (QED) is 0.314. The average molecular weight is 399 g/mol. The van der Waals surface area contributed by atoms with Crippen molar-refractivity contribution in [3.8, 4) is 0 Å². The summed E-state index contributed by atoms with van der Waals surface area (Å²) < 4.78 is 2.03. The molecule has 0 aliphatic heterocycles. The molecule has 0 fully saturated rings. The summed E-state index contributed by atoms with van der Waals surface area (Å²) in [5.74, 6) is 0.379. The maximum Gasteiger partial charge on any atom is 0.283 e. The van der Waals surface area contributed by atoms with Crippen LogP contribution < -0.4 is 10.1 Å². The van der Waals surface area contributed by atoms with Crippen LogP contribution in [-0.2, 0) is 0 Å². The molecule has 0 unspecified atom stereocenters. The molecule has 0 aliphatic carbocycles. The number of nitrogens with zero attached hydrogens (tertiary/aromatic N) is 3. The third-order valence-corrected chi connectivity index (χ3v) is 5.98. The first kappa shape index (κ1) is 17.7. The summed E-state index contributed by atoms with van der Waals surface area (Å²) in [4.78, 5) is 29.2. The lowest BCUT2D eigenvalue weighted by Crippen LogP contribution is -2.22. The molecule has 4 aromatic rings. The van der Waals surface area contributed by atoms with Gasteiger partial charge in [0.15, 0.2) is 4.96 Å². The van der Waals surface area contributed by atoms with Crippen LogP contribution in [-0.4, -0.2) is 31.8 Å². The number of nitro benzene ring substituents is 1. The third kappa shape index (κ3) is 3.20. The van der Waals surface area contributed by atoms with Crippen LogP contribution in [0.3, 0.4) is 0 Å². The summed E-state index contributed by atoms with van der Waals surface area (Å²) in [5, 5.41) is 20.3. The van der Waals surface area contributed by atoms with Gasteiger partial charge in [-0.2, -0.15) is 0 Å².